The minimum atomic E-state index is -0.418. The number of aliphatic hydroxyl groups is 1. The summed E-state index contributed by atoms with van der Waals surface area (Å²) in [6.07, 6.45) is 1.28. The first-order valence-corrected chi connectivity index (χ1v) is 6.97. The Morgan fingerprint density at radius 3 is 2.68 bits per heavy atom. The Morgan fingerprint density at radius 2 is 2.00 bits per heavy atom. The molecule has 0 saturated carbocycles. The van der Waals surface area contributed by atoms with Crippen molar-refractivity contribution in [2.24, 2.45) is 0 Å². The number of aliphatic hydroxyl groups excluding tert-OH is 1. The van der Waals surface area contributed by atoms with Crippen LogP contribution in [-0.2, 0) is 4.79 Å². The fourth-order valence-corrected chi connectivity index (χ4v) is 3.06. The van der Waals surface area contributed by atoms with Crippen molar-refractivity contribution in [1.82, 2.24) is 4.90 Å². The summed E-state index contributed by atoms with van der Waals surface area (Å²) >= 11 is 0. The molecule has 2 fully saturated rings. The van der Waals surface area contributed by atoms with Crippen LogP contribution < -0.4 is 4.90 Å². The van der Waals surface area contributed by atoms with E-state index >= 15 is 0 Å². The lowest BCUT2D eigenvalue weighted by Crippen LogP contribution is -2.51. The number of hydrogen-bond donors (Lipinski definition) is 1. The molecule has 0 bridgehead atoms. The van der Waals surface area contributed by atoms with Crippen LogP contribution in [0.3, 0.4) is 0 Å². The molecule has 102 valence electrons. The van der Waals surface area contributed by atoms with Crippen LogP contribution in [0.4, 0.5) is 5.69 Å². The SMILES string of the molecule is C[C@H](O)c1ccc(N2CCN3C(=O)CCC3C2)cc1. The molecule has 2 atom stereocenters. The van der Waals surface area contributed by atoms with E-state index in [9.17, 15) is 9.90 Å². The lowest BCUT2D eigenvalue weighted by Gasteiger charge is -2.38. The molecule has 1 amide bonds. The van der Waals surface area contributed by atoms with Gasteiger partial charge in [-0.25, -0.2) is 0 Å². The van der Waals surface area contributed by atoms with Crippen LogP contribution in [0.15, 0.2) is 24.3 Å². The van der Waals surface area contributed by atoms with Gasteiger partial charge in [0, 0.05) is 37.8 Å². The standard InChI is InChI=1S/C15H20N2O2/c1-11(18)12-2-4-13(5-3-12)16-8-9-17-14(10-16)6-7-15(17)19/h2-5,11,14,18H,6-10H2,1H3/t11-,14?/m0/s1. The van der Waals surface area contributed by atoms with Crippen molar-refractivity contribution in [2.75, 3.05) is 24.5 Å². The van der Waals surface area contributed by atoms with Crippen molar-refractivity contribution in [3.05, 3.63) is 29.8 Å². The molecule has 2 aliphatic rings. The number of nitrogens with zero attached hydrogens (tertiary/aromatic N) is 2. The minimum absolute atomic E-state index is 0.314. The fourth-order valence-electron chi connectivity index (χ4n) is 3.06. The highest BCUT2D eigenvalue weighted by atomic mass is 16.3. The molecule has 0 aliphatic carbocycles. The molecule has 1 N–H and O–H groups in total. The Bertz CT molecular complexity index is 470. The molecule has 4 heteroatoms. The Kier molecular flexibility index (Phi) is 3.19. The maximum Gasteiger partial charge on any atom is 0.223 e. The van der Waals surface area contributed by atoms with Gasteiger partial charge in [-0.05, 0) is 31.0 Å². The van der Waals surface area contributed by atoms with Crippen molar-refractivity contribution in [3.8, 4) is 0 Å². The number of carbonyl (C=O) groups is 1. The molecule has 1 unspecified atom stereocenters. The summed E-state index contributed by atoms with van der Waals surface area (Å²) in [4.78, 5) is 16.0. The van der Waals surface area contributed by atoms with Gasteiger partial charge in [0.15, 0.2) is 0 Å². The predicted octanol–water partition coefficient (Wildman–Crippen LogP) is 1.55. The van der Waals surface area contributed by atoms with Gasteiger partial charge in [0.25, 0.3) is 0 Å². The highest BCUT2D eigenvalue weighted by Gasteiger charge is 2.35. The molecule has 19 heavy (non-hydrogen) atoms. The smallest absolute Gasteiger partial charge is 0.223 e. The van der Waals surface area contributed by atoms with Crippen LogP contribution >= 0.6 is 0 Å². The van der Waals surface area contributed by atoms with Gasteiger partial charge in [-0.1, -0.05) is 12.1 Å². The zero-order chi connectivity index (χ0) is 13.4. The van der Waals surface area contributed by atoms with Gasteiger partial charge in [0.2, 0.25) is 5.91 Å². The first-order valence-electron chi connectivity index (χ1n) is 6.97. The molecule has 4 nitrogen and oxygen atoms in total. The molecule has 2 saturated heterocycles. The number of fused-ring (bicyclic) bond motifs is 1. The molecule has 1 aromatic carbocycles. The number of amides is 1. The van der Waals surface area contributed by atoms with E-state index in [1.54, 1.807) is 6.92 Å². The zero-order valence-electron chi connectivity index (χ0n) is 11.2. The minimum Gasteiger partial charge on any atom is -0.389 e. The van der Waals surface area contributed by atoms with Crippen molar-refractivity contribution in [2.45, 2.75) is 31.9 Å². The molecule has 0 aromatic heterocycles. The van der Waals surface area contributed by atoms with E-state index in [1.165, 1.54) is 5.69 Å². The summed E-state index contributed by atoms with van der Waals surface area (Å²) in [7, 11) is 0. The molecular formula is C15H20N2O2. The van der Waals surface area contributed by atoms with Crippen LogP contribution in [0.2, 0.25) is 0 Å². The quantitative estimate of drug-likeness (QED) is 0.877. The van der Waals surface area contributed by atoms with Gasteiger partial charge in [-0.2, -0.15) is 0 Å². The van der Waals surface area contributed by atoms with Gasteiger partial charge in [0.1, 0.15) is 0 Å². The Morgan fingerprint density at radius 1 is 1.26 bits per heavy atom. The van der Waals surface area contributed by atoms with E-state index in [2.05, 4.69) is 17.0 Å². The lowest BCUT2D eigenvalue weighted by atomic mass is 10.1. The second kappa shape index (κ2) is 4.85. The normalized spacial score (nSPS) is 24.5. The van der Waals surface area contributed by atoms with Crippen LogP contribution in [0.25, 0.3) is 0 Å². The fraction of sp³-hybridized carbons (Fsp3) is 0.533. The van der Waals surface area contributed by atoms with E-state index < -0.39 is 6.10 Å². The average Bonchev–Trinajstić information content (AvgIpc) is 2.80. The number of benzene rings is 1. The summed E-state index contributed by atoms with van der Waals surface area (Å²) < 4.78 is 0. The zero-order valence-corrected chi connectivity index (χ0v) is 11.2. The summed E-state index contributed by atoms with van der Waals surface area (Å²) in [6.45, 7) is 4.44. The first-order chi connectivity index (χ1) is 9.15. The number of hydrogen-bond acceptors (Lipinski definition) is 3. The molecule has 2 aliphatic heterocycles. The van der Waals surface area contributed by atoms with Gasteiger partial charge in [-0.3, -0.25) is 4.79 Å². The molecule has 0 radical (unpaired) electrons. The summed E-state index contributed by atoms with van der Waals surface area (Å²) in [5.41, 5.74) is 2.13. The monoisotopic (exact) mass is 260 g/mol. The Hall–Kier alpha value is -1.55. The summed E-state index contributed by atoms with van der Waals surface area (Å²) in [6, 6.07) is 8.47. The number of carbonyl (C=O) groups excluding carboxylic acids is 1. The third-order valence-corrected chi connectivity index (χ3v) is 4.24. The van der Waals surface area contributed by atoms with Crippen molar-refractivity contribution >= 4 is 11.6 Å². The molecule has 2 heterocycles. The van der Waals surface area contributed by atoms with Crippen LogP contribution in [0.1, 0.15) is 31.4 Å². The molecule has 0 spiro atoms. The van der Waals surface area contributed by atoms with Crippen molar-refractivity contribution < 1.29 is 9.90 Å². The van der Waals surface area contributed by atoms with E-state index in [0.717, 1.165) is 31.6 Å². The van der Waals surface area contributed by atoms with Crippen molar-refractivity contribution in [1.29, 1.82) is 0 Å². The number of piperazine rings is 1. The second-order valence-electron chi connectivity index (χ2n) is 5.49. The van der Waals surface area contributed by atoms with Crippen molar-refractivity contribution in [3.63, 3.8) is 0 Å². The number of anilines is 1. The average molecular weight is 260 g/mol. The highest BCUT2D eigenvalue weighted by molar-refractivity contribution is 5.79. The Balaban J connectivity index is 1.71. The highest BCUT2D eigenvalue weighted by Crippen LogP contribution is 2.27. The first kappa shape index (κ1) is 12.5. The third kappa shape index (κ3) is 2.32. The van der Waals surface area contributed by atoms with Crippen LogP contribution in [0.5, 0.6) is 0 Å². The van der Waals surface area contributed by atoms with Gasteiger partial charge in [-0.15, -0.1) is 0 Å². The Labute approximate surface area is 113 Å². The largest absolute Gasteiger partial charge is 0.389 e. The molecular weight excluding hydrogens is 240 g/mol. The predicted molar refractivity (Wildman–Crippen MR) is 74.0 cm³/mol. The lowest BCUT2D eigenvalue weighted by molar-refractivity contribution is -0.129. The van der Waals surface area contributed by atoms with Gasteiger partial charge in [0.05, 0.1) is 6.10 Å². The number of rotatable bonds is 2. The molecule has 1 aromatic rings. The van der Waals surface area contributed by atoms with E-state index in [4.69, 9.17) is 0 Å². The topological polar surface area (TPSA) is 43.8 Å². The van der Waals surface area contributed by atoms with E-state index in [-0.39, 0.29) is 0 Å². The summed E-state index contributed by atoms with van der Waals surface area (Å²) in [5, 5.41) is 9.52. The maximum atomic E-state index is 11.7. The van der Waals surface area contributed by atoms with Gasteiger partial charge >= 0.3 is 0 Å². The van der Waals surface area contributed by atoms with Gasteiger partial charge < -0.3 is 14.9 Å². The van der Waals surface area contributed by atoms with Crippen LogP contribution in [-0.4, -0.2) is 41.6 Å². The molecule has 3 rings (SSSR count). The summed E-state index contributed by atoms with van der Waals surface area (Å²) in [5.74, 6) is 0.314. The second-order valence-corrected chi connectivity index (χ2v) is 5.49. The maximum absolute atomic E-state index is 11.7. The third-order valence-electron chi connectivity index (χ3n) is 4.24. The van der Waals surface area contributed by atoms with E-state index in [1.807, 2.05) is 17.0 Å². The van der Waals surface area contributed by atoms with E-state index in [0.29, 0.717) is 18.4 Å². The van der Waals surface area contributed by atoms with Crippen LogP contribution in [0, 0.1) is 0 Å².